The molecule has 1 saturated heterocycles. The van der Waals surface area contributed by atoms with Crippen LogP contribution < -0.4 is 5.32 Å². The number of aliphatic hydroxyl groups is 3. The highest BCUT2D eigenvalue weighted by Crippen LogP contribution is 2.10. The van der Waals surface area contributed by atoms with Gasteiger partial charge in [0.15, 0.2) is 0 Å². The standard InChI is InChI=1S/C6H13NO3/c1-3(8)5-6(10)4(9)2-7-5/h3-10H,2H2,1H3/t3-,4+,5+,6-/m1/s1. The lowest BCUT2D eigenvalue weighted by molar-refractivity contribution is 0.0114. The molecule has 10 heavy (non-hydrogen) atoms. The van der Waals surface area contributed by atoms with Gasteiger partial charge in [-0.1, -0.05) is 0 Å². The van der Waals surface area contributed by atoms with Crippen molar-refractivity contribution in [3.8, 4) is 0 Å². The fraction of sp³-hybridized carbons (Fsp3) is 1.00. The number of aliphatic hydroxyl groups excluding tert-OH is 3. The van der Waals surface area contributed by atoms with Crippen LogP contribution in [0.25, 0.3) is 0 Å². The first kappa shape index (κ1) is 7.94. The Kier molecular flexibility index (Phi) is 2.25. The first-order valence-corrected chi connectivity index (χ1v) is 3.40. The van der Waals surface area contributed by atoms with Crippen LogP contribution in [0.2, 0.25) is 0 Å². The molecule has 0 aromatic heterocycles. The molecule has 0 bridgehead atoms. The van der Waals surface area contributed by atoms with Gasteiger partial charge in [0.2, 0.25) is 0 Å². The van der Waals surface area contributed by atoms with Crippen molar-refractivity contribution < 1.29 is 15.3 Å². The van der Waals surface area contributed by atoms with E-state index in [2.05, 4.69) is 5.32 Å². The third-order valence-corrected chi connectivity index (χ3v) is 1.84. The highest BCUT2D eigenvalue weighted by atomic mass is 16.3. The Labute approximate surface area is 59.5 Å². The number of β-amino-alcohol motifs (C(OH)–C–C–N with tert-alkyl or cyclic N) is 1. The molecule has 4 nitrogen and oxygen atoms in total. The Morgan fingerprint density at radius 3 is 2.30 bits per heavy atom. The maximum absolute atomic E-state index is 9.16. The van der Waals surface area contributed by atoms with Crippen LogP contribution in [-0.2, 0) is 0 Å². The molecule has 4 heteroatoms. The van der Waals surface area contributed by atoms with Crippen LogP contribution in [0.15, 0.2) is 0 Å². The summed E-state index contributed by atoms with van der Waals surface area (Å²) in [4.78, 5) is 0. The Morgan fingerprint density at radius 2 is 2.10 bits per heavy atom. The largest absolute Gasteiger partial charge is 0.392 e. The second-order valence-corrected chi connectivity index (χ2v) is 2.73. The van der Waals surface area contributed by atoms with Crippen LogP contribution in [0.5, 0.6) is 0 Å². The Bertz CT molecular complexity index is 118. The van der Waals surface area contributed by atoms with Gasteiger partial charge < -0.3 is 20.6 Å². The monoisotopic (exact) mass is 147 g/mol. The molecule has 0 amide bonds. The van der Waals surface area contributed by atoms with Gasteiger partial charge in [-0.25, -0.2) is 0 Å². The van der Waals surface area contributed by atoms with Gasteiger partial charge in [-0.15, -0.1) is 0 Å². The maximum atomic E-state index is 9.16. The fourth-order valence-corrected chi connectivity index (χ4v) is 1.19. The minimum absolute atomic E-state index is 0.358. The summed E-state index contributed by atoms with van der Waals surface area (Å²) >= 11 is 0. The second-order valence-electron chi connectivity index (χ2n) is 2.73. The molecule has 0 unspecified atom stereocenters. The smallest absolute Gasteiger partial charge is 0.0989 e. The summed E-state index contributed by atoms with van der Waals surface area (Å²) in [5, 5.41) is 30.0. The zero-order valence-corrected chi connectivity index (χ0v) is 5.86. The van der Waals surface area contributed by atoms with Gasteiger partial charge in [0, 0.05) is 6.54 Å². The first-order chi connectivity index (χ1) is 4.63. The lowest BCUT2D eigenvalue weighted by atomic mass is 10.1. The summed E-state index contributed by atoms with van der Waals surface area (Å²) < 4.78 is 0. The molecule has 1 aliphatic heterocycles. The van der Waals surface area contributed by atoms with E-state index < -0.39 is 18.3 Å². The number of nitrogens with one attached hydrogen (secondary N) is 1. The van der Waals surface area contributed by atoms with E-state index in [4.69, 9.17) is 15.3 Å². The predicted octanol–water partition coefficient (Wildman–Crippen LogP) is -1.94. The minimum atomic E-state index is -0.833. The minimum Gasteiger partial charge on any atom is -0.392 e. The fourth-order valence-electron chi connectivity index (χ4n) is 1.19. The van der Waals surface area contributed by atoms with E-state index in [0.717, 1.165) is 0 Å². The van der Waals surface area contributed by atoms with E-state index in [-0.39, 0.29) is 6.04 Å². The van der Waals surface area contributed by atoms with Crippen LogP contribution in [-0.4, -0.2) is 46.2 Å². The topological polar surface area (TPSA) is 72.7 Å². The maximum Gasteiger partial charge on any atom is 0.0989 e. The van der Waals surface area contributed by atoms with Gasteiger partial charge in [0.25, 0.3) is 0 Å². The van der Waals surface area contributed by atoms with Crippen molar-refractivity contribution in [1.29, 1.82) is 0 Å². The Hall–Kier alpha value is -0.160. The van der Waals surface area contributed by atoms with E-state index in [1.54, 1.807) is 6.92 Å². The molecule has 60 valence electrons. The third-order valence-electron chi connectivity index (χ3n) is 1.84. The molecular formula is C6H13NO3. The first-order valence-electron chi connectivity index (χ1n) is 3.40. The number of hydrogen-bond acceptors (Lipinski definition) is 4. The summed E-state index contributed by atoms with van der Waals surface area (Å²) in [6.07, 6.45) is -2.19. The van der Waals surface area contributed by atoms with Crippen molar-refractivity contribution in [2.75, 3.05) is 6.54 Å². The van der Waals surface area contributed by atoms with Crippen molar-refractivity contribution >= 4 is 0 Å². The Balaban J connectivity index is 2.49. The normalized spacial score (nSPS) is 43.8. The van der Waals surface area contributed by atoms with Gasteiger partial charge >= 0.3 is 0 Å². The van der Waals surface area contributed by atoms with Crippen LogP contribution in [0.3, 0.4) is 0 Å². The van der Waals surface area contributed by atoms with E-state index in [1.165, 1.54) is 0 Å². The van der Waals surface area contributed by atoms with Gasteiger partial charge in [-0.05, 0) is 6.92 Å². The average Bonchev–Trinajstić information content (AvgIpc) is 2.14. The van der Waals surface area contributed by atoms with Gasteiger partial charge in [0.05, 0.1) is 24.4 Å². The molecule has 1 fully saturated rings. The summed E-state index contributed by atoms with van der Waals surface area (Å²) in [6, 6.07) is -0.380. The molecular weight excluding hydrogens is 134 g/mol. The van der Waals surface area contributed by atoms with Crippen molar-refractivity contribution in [2.45, 2.75) is 31.3 Å². The molecule has 1 heterocycles. The molecule has 4 N–H and O–H groups in total. The summed E-state index contributed by atoms with van der Waals surface area (Å²) in [6.45, 7) is 1.94. The zero-order chi connectivity index (χ0) is 7.72. The van der Waals surface area contributed by atoms with Crippen molar-refractivity contribution in [2.24, 2.45) is 0 Å². The second kappa shape index (κ2) is 2.84. The molecule has 0 spiro atoms. The van der Waals surface area contributed by atoms with Crippen molar-refractivity contribution in [1.82, 2.24) is 5.32 Å². The molecule has 1 aliphatic rings. The molecule has 0 saturated carbocycles. The van der Waals surface area contributed by atoms with E-state index in [9.17, 15) is 0 Å². The average molecular weight is 147 g/mol. The van der Waals surface area contributed by atoms with Crippen molar-refractivity contribution in [3.05, 3.63) is 0 Å². The summed E-state index contributed by atoms with van der Waals surface area (Å²) in [5.74, 6) is 0. The Morgan fingerprint density at radius 1 is 1.50 bits per heavy atom. The number of rotatable bonds is 1. The summed E-state index contributed by atoms with van der Waals surface area (Å²) in [7, 11) is 0. The molecule has 4 atom stereocenters. The molecule has 0 aromatic rings. The quantitative estimate of drug-likeness (QED) is 0.348. The number of hydrogen-bond donors (Lipinski definition) is 4. The van der Waals surface area contributed by atoms with Crippen LogP contribution >= 0.6 is 0 Å². The summed E-state index contributed by atoms with van der Waals surface area (Å²) in [5.41, 5.74) is 0. The van der Waals surface area contributed by atoms with Gasteiger partial charge in [0.1, 0.15) is 0 Å². The van der Waals surface area contributed by atoms with Crippen LogP contribution in [0.1, 0.15) is 6.92 Å². The SMILES string of the molecule is C[C@@H](O)[C@@H]1NC[C@H](O)[C@H]1O. The zero-order valence-electron chi connectivity index (χ0n) is 5.86. The molecule has 0 aliphatic carbocycles. The lowest BCUT2D eigenvalue weighted by Crippen LogP contribution is -2.41. The van der Waals surface area contributed by atoms with Crippen molar-refractivity contribution in [3.63, 3.8) is 0 Å². The highest BCUT2D eigenvalue weighted by Gasteiger charge is 2.35. The van der Waals surface area contributed by atoms with E-state index >= 15 is 0 Å². The predicted molar refractivity (Wildman–Crippen MR) is 35.5 cm³/mol. The highest BCUT2D eigenvalue weighted by molar-refractivity contribution is 4.92. The lowest BCUT2D eigenvalue weighted by Gasteiger charge is -2.18. The molecule has 0 radical (unpaired) electrons. The molecule has 1 rings (SSSR count). The van der Waals surface area contributed by atoms with E-state index in [0.29, 0.717) is 6.54 Å². The molecule has 0 aromatic carbocycles. The van der Waals surface area contributed by atoms with Gasteiger partial charge in [-0.3, -0.25) is 0 Å². The van der Waals surface area contributed by atoms with Gasteiger partial charge in [-0.2, -0.15) is 0 Å². The third kappa shape index (κ3) is 1.29. The van der Waals surface area contributed by atoms with Crippen LogP contribution in [0, 0.1) is 0 Å². The van der Waals surface area contributed by atoms with E-state index in [1.807, 2.05) is 0 Å². The van der Waals surface area contributed by atoms with Crippen LogP contribution in [0.4, 0.5) is 0 Å².